The first-order valence-corrected chi connectivity index (χ1v) is 6.69. The number of furan rings is 1. The summed E-state index contributed by atoms with van der Waals surface area (Å²) in [6, 6.07) is 12.9. The number of carbonyl (C=O) groups excluding carboxylic acids is 2. The van der Waals surface area contributed by atoms with Crippen LogP contribution >= 0.6 is 0 Å². The van der Waals surface area contributed by atoms with E-state index in [9.17, 15) is 9.59 Å². The fraction of sp³-hybridized carbons (Fsp3) is 0.250. The largest absolute Gasteiger partial charge is 0.457 e. The molecule has 0 aliphatic heterocycles. The van der Waals surface area contributed by atoms with Gasteiger partial charge in [0.25, 0.3) is 5.91 Å². The van der Waals surface area contributed by atoms with Gasteiger partial charge < -0.3 is 14.5 Å². The highest BCUT2D eigenvalue weighted by molar-refractivity contribution is 5.88. The fourth-order valence-corrected chi connectivity index (χ4v) is 1.81. The van der Waals surface area contributed by atoms with E-state index in [1.165, 1.54) is 12.3 Å². The first-order chi connectivity index (χ1) is 10.2. The Bertz CT molecular complexity index is 578. The summed E-state index contributed by atoms with van der Waals surface area (Å²) < 4.78 is 9.72. The molecular weight excluding hydrogens is 270 g/mol. The van der Waals surface area contributed by atoms with Crippen molar-refractivity contribution in [1.82, 2.24) is 5.32 Å². The molecule has 1 amide bonds. The lowest BCUT2D eigenvalue weighted by atomic mass is 10.0. The SMILES string of the molecule is CC(CNC(=O)COC(=O)c1ccco1)c1ccccc1. The first kappa shape index (κ1) is 14.8. The molecule has 0 fully saturated rings. The van der Waals surface area contributed by atoms with Crippen LogP contribution in [0.15, 0.2) is 53.1 Å². The van der Waals surface area contributed by atoms with E-state index in [4.69, 9.17) is 9.15 Å². The van der Waals surface area contributed by atoms with Gasteiger partial charge in [-0.2, -0.15) is 0 Å². The predicted octanol–water partition coefficient (Wildman–Crippen LogP) is 2.36. The lowest BCUT2D eigenvalue weighted by Crippen LogP contribution is -2.31. The molecule has 1 aromatic heterocycles. The molecule has 5 nitrogen and oxygen atoms in total. The van der Waals surface area contributed by atoms with Gasteiger partial charge >= 0.3 is 5.97 Å². The van der Waals surface area contributed by atoms with Crippen molar-refractivity contribution in [2.75, 3.05) is 13.2 Å². The quantitative estimate of drug-likeness (QED) is 0.828. The average Bonchev–Trinajstić information content (AvgIpc) is 3.05. The minimum atomic E-state index is -0.647. The highest BCUT2D eigenvalue weighted by atomic mass is 16.5. The van der Waals surface area contributed by atoms with E-state index in [1.807, 2.05) is 37.3 Å². The van der Waals surface area contributed by atoms with E-state index in [2.05, 4.69) is 5.32 Å². The summed E-state index contributed by atoms with van der Waals surface area (Å²) in [4.78, 5) is 23.1. The zero-order valence-corrected chi connectivity index (χ0v) is 11.7. The van der Waals surface area contributed by atoms with Gasteiger partial charge in [-0.3, -0.25) is 4.79 Å². The molecule has 21 heavy (non-hydrogen) atoms. The molecule has 1 unspecified atom stereocenters. The normalized spacial score (nSPS) is 11.7. The summed E-state index contributed by atoms with van der Waals surface area (Å²) in [6.45, 7) is 2.19. The number of hydrogen-bond donors (Lipinski definition) is 1. The third kappa shape index (κ3) is 4.49. The lowest BCUT2D eigenvalue weighted by molar-refractivity contribution is -0.124. The molecule has 0 bridgehead atoms. The number of ether oxygens (including phenoxy) is 1. The Morgan fingerprint density at radius 3 is 2.62 bits per heavy atom. The number of nitrogens with one attached hydrogen (secondary N) is 1. The van der Waals surface area contributed by atoms with Gasteiger partial charge in [-0.15, -0.1) is 0 Å². The van der Waals surface area contributed by atoms with Crippen LogP contribution in [0.1, 0.15) is 29.0 Å². The minimum absolute atomic E-state index is 0.0838. The van der Waals surface area contributed by atoms with E-state index < -0.39 is 5.97 Å². The highest BCUT2D eigenvalue weighted by Crippen LogP contribution is 2.12. The van der Waals surface area contributed by atoms with Crippen LogP contribution in [0.5, 0.6) is 0 Å². The Morgan fingerprint density at radius 1 is 1.19 bits per heavy atom. The van der Waals surface area contributed by atoms with Crippen LogP contribution in [0.2, 0.25) is 0 Å². The number of rotatable bonds is 6. The van der Waals surface area contributed by atoms with Crippen molar-refractivity contribution in [3.8, 4) is 0 Å². The Hall–Kier alpha value is -2.56. The second-order valence-corrected chi connectivity index (χ2v) is 4.67. The third-order valence-electron chi connectivity index (χ3n) is 3.03. The average molecular weight is 287 g/mol. The second kappa shape index (κ2) is 7.28. The van der Waals surface area contributed by atoms with E-state index >= 15 is 0 Å². The molecule has 1 heterocycles. The van der Waals surface area contributed by atoms with Crippen LogP contribution in [0, 0.1) is 0 Å². The first-order valence-electron chi connectivity index (χ1n) is 6.69. The van der Waals surface area contributed by atoms with Gasteiger partial charge in [-0.1, -0.05) is 37.3 Å². The Labute approximate surface area is 122 Å². The van der Waals surface area contributed by atoms with Gasteiger partial charge in [-0.25, -0.2) is 4.79 Å². The van der Waals surface area contributed by atoms with Crippen molar-refractivity contribution in [3.63, 3.8) is 0 Å². The molecule has 1 N–H and O–H groups in total. The Morgan fingerprint density at radius 2 is 1.95 bits per heavy atom. The molecule has 110 valence electrons. The monoisotopic (exact) mass is 287 g/mol. The van der Waals surface area contributed by atoms with E-state index in [-0.39, 0.29) is 24.2 Å². The van der Waals surface area contributed by atoms with Crippen LogP contribution in [-0.2, 0) is 9.53 Å². The maximum absolute atomic E-state index is 11.6. The smallest absolute Gasteiger partial charge is 0.374 e. The number of carbonyl (C=O) groups is 2. The summed E-state index contributed by atoms with van der Waals surface area (Å²) in [5.74, 6) is -0.708. The van der Waals surface area contributed by atoms with E-state index in [0.717, 1.165) is 5.56 Å². The van der Waals surface area contributed by atoms with Crippen LogP contribution in [0.4, 0.5) is 0 Å². The van der Waals surface area contributed by atoms with Gasteiger partial charge in [0.2, 0.25) is 5.76 Å². The summed E-state index contributed by atoms with van der Waals surface area (Å²) in [7, 11) is 0. The number of esters is 1. The standard InChI is InChI=1S/C16H17NO4/c1-12(13-6-3-2-4-7-13)10-17-15(18)11-21-16(19)14-8-5-9-20-14/h2-9,12H,10-11H2,1H3,(H,17,18). The van der Waals surface area contributed by atoms with Crippen molar-refractivity contribution in [2.24, 2.45) is 0 Å². The van der Waals surface area contributed by atoms with Crippen molar-refractivity contribution >= 4 is 11.9 Å². The van der Waals surface area contributed by atoms with E-state index in [1.54, 1.807) is 6.07 Å². The number of hydrogen-bond acceptors (Lipinski definition) is 4. The maximum Gasteiger partial charge on any atom is 0.374 e. The van der Waals surface area contributed by atoms with Crippen molar-refractivity contribution in [2.45, 2.75) is 12.8 Å². The molecule has 0 spiro atoms. The zero-order chi connectivity index (χ0) is 15.1. The molecule has 2 aromatic rings. The van der Waals surface area contributed by atoms with Crippen molar-refractivity contribution in [3.05, 3.63) is 60.1 Å². The zero-order valence-electron chi connectivity index (χ0n) is 11.7. The third-order valence-corrected chi connectivity index (χ3v) is 3.03. The second-order valence-electron chi connectivity index (χ2n) is 4.67. The van der Waals surface area contributed by atoms with E-state index in [0.29, 0.717) is 6.54 Å². The van der Waals surface area contributed by atoms with Crippen LogP contribution in [-0.4, -0.2) is 25.0 Å². The number of amides is 1. The molecule has 0 saturated heterocycles. The predicted molar refractivity (Wildman–Crippen MR) is 76.9 cm³/mol. The molecule has 5 heteroatoms. The van der Waals surface area contributed by atoms with Crippen LogP contribution < -0.4 is 5.32 Å². The Balaban J connectivity index is 1.71. The maximum atomic E-state index is 11.6. The van der Waals surface area contributed by atoms with Gasteiger partial charge in [0.05, 0.1) is 6.26 Å². The summed E-state index contributed by atoms with van der Waals surface area (Å²) >= 11 is 0. The Kier molecular flexibility index (Phi) is 5.15. The molecule has 1 atom stereocenters. The van der Waals surface area contributed by atoms with Gasteiger partial charge in [0, 0.05) is 6.54 Å². The molecule has 0 radical (unpaired) electrons. The summed E-state index contributed by atoms with van der Waals surface area (Å²) in [5, 5.41) is 2.73. The lowest BCUT2D eigenvalue weighted by Gasteiger charge is -2.12. The molecule has 2 rings (SSSR count). The van der Waals surface area contributed by atoms with Gasteiger partial charge in [0.1, 0.15) is 0 Å². The van der Waals surface area contributed by atoms with Gasteiger partial charge in [-0.05, 0) is 23.6 Å². The fourth-order valence-electron chi connectivity index (χ4n) is 1.81. The molecular formula is C16H17NO4. The number of benzene rings is 1. The van der Waals surface area contributed by atoms with Crippen molar-refractivity contribution in [1.29, 1.82) is 0 Å². The topological polar surface area (TPSA) is 68.5 Å². The van der Waals surface area contributed by atoms with Crippen molar-refractivity contribution < 1.29 is 18.7 Å². The molecule has 1 aromatic carbocycles. The van der Waals surface area contributed by atoms with Crippen LogP contribution in [0.3, 0.4) is 0 Å². The molecule has 0 saturated carbocycles. The van der Waals surface area contributed by atoms with Gasteiger partial charge in [0.15, 0.2) is 6.61 Å². The minimum Gasteiger partial charge on any atom is -0.457 e. The molecule has 0 aliphatic rings. The molecule has 0 aliphatic carbocycles. The highest BCUT2D eigenvalue weighted by Gasteiger charge is 2.13. The summed E-state index contributed by atoms with van der Waals surface area (Å²) in [6.07, 6.45) is 1.37. The summed E-state index contributed by atoms with van der Waals surface area (Å²) in [5.41, 5.74) is 1.14. The van der Waals surface area contributed by atoms with Crippen LogP contribution in [0.25, 0.3) is 0 Å².